The summed E-state index contributed by atoms with van der Waals surface area (Å²) in [5, 5.41) is 4.25. The number of likely N-dealkylation sites (N-methyl/N-ethyl adjacent to an activating group) is 1. The number of imidazole rings is 1. The summed E-state index contributed by atoms with van der Waals surface area (Å²) in [6.45, 7) is 3.03. The first-order valence-corrected chi connectivity index (χ1v) is 6.53. The summed E-state index contributed by atoms with van der Waals surface area (Å²) < 4.78 is 2.06. The summed E-state index contributed by atoms with van der Waals surface area (Å²) >= 11 is 5.90. The molecule has 0 radical (unpaired) electrons. The zero-order valence-corrected chi connectivity index (χ0v) is 11.5. The number of rotatable bonds is 5. The van der Waals surface area contributed by atoms with Gasteiger partial charge in [-0.05, 0) is 30.7 Å². The maximum Gasteiger partial charge on any atom is 0.125 e. The molecule has 1 aromatic carbocycles. The minimum Gasteiger partial charge on any atom is -0.337 e. The van der Waals surface area contributed by atoms with Crippen molar-refractivity contribution in [3.8, 4) is 0 Å². The van der Waals surface area contributed by atoms with E-state index in [9.17, 15) is 0 Å². The summed E-state index contributed by atoms with van der Waals surface area (Å²) in [5.74, 6) is 1.06. The summed E-state index contributed by atoms with van der Waals surface area (Å²) in [6, 6.07) is 8.22. The third-order valence-corrected chi connectivity index (χ3v) is 3.23. The van der Waals surface area contributed by atoms with Gasteiger partial charge in [-0.15, -0.1) is 0 Å². The number of aryl methyl sites for hydroxylation is 1. The summed E-state index contributed by atoms with van der Waals surface area (Å²) in [4.78, 5) is 4.42. The molecule has 0 spiro atoms. The SMILES string of the molecule is CCNC(Cc1ccc(Cl)cc1)c1nccn1C. The second-order valence-corrected chi connectivity index (χ2v) is 4.77. The average Bonchev–Trinajstić information content (AvgIpc) is 2.78. The summed E-state index contributed by atoms with van der Waals surface area (Å²) in [7, 11) is 2.02. The number of benzene rings is 1. The van der Waals surface area contributed by atoms with Crippen molar-refractivity contribution in [3.05, 3.63) is 53.1 Å². The van der Waals surface area contributed by atoms with E-state index in [1.807, 2.05) is 31.6 Å². The molecule has 0 saturated carbocycles. The molecule has 1 N–H and O–H groups in total. The fourth-order valence-electron chi connectivity index (χ4n) is 2.07. The van der Waals surface area contributed by atoms with Gasteiger partial charge in [0.2, 0.25) is 0 Å². The molecule has 1 atom stereocenters. The first-order chi connectivity index (χ1) is 8.70. The van der Waals surface area contributed by atoms with Crippen molar-refractivity contribution in [1.29, 1.82) is 0 Å². The Morgan fingerprint density at radius 1 is 1.33 bits per heavy atom. The summed E-state index contributed by atoms with van der Waals surface area (Å²) in [5.41, 5.74) is 1.26. The lowest BCUT2D eigenvalue weighted by Gasteiger charge is -2.17. The fraction of sp³-hybridized carbons (Fsp3) is 0.357. The van der Waals surface area contributed by atoms with E-state index >= 15 is 0 Å². The van der Waals surface area contributed by atoms with Gasteiger partial charge >= 0.3 is 0 Å². The van der Waals surface area contributed by atoms with Gasteiger partial charge in [-0.25, -0.2) is 4.98 Å². The second-order valence-electron chi connectivity index (χ2n) is 4.34. The van der Waals surface area contributed by atoms with Crippen molar-refractivity contribution in [1.82, 2.24) is 14.9 Å². The molecule has 3 nitrogen and oxygen atoms in total. The van der Waals surface area contributed by atoms with Crippen LogP contribution in [-0.2, 0) is 13.5 Å². The fourth-order valence-corrected chi connectivity index (χ4v) is 2.20. The third kappa shape index (κ3) is 3.12. The van der Waals surface area contributed by atoms with Crippen LogP contribution in [0.2, 0.25) is 5.02 Å². The normalized spacial score (nSPS) is 12.6. The molecule has 0 aliphatic rings. The first kappa shape index (κ1) is 13.1. The molecule has 0 aliphatic heterocycles. The highest BCUT2D eigenvalue weighted by molar-refractivity contribution is 6.30. The topological polar surface area (TPSA) is 29.9 Å². The van der Waals surface area contributed by atoms with E-state index in [2.05, 4.69) is 33.9 Å². The van der Waals surface area contributed by atoms with Gasteiger partial charge in [0, 0.05) is 24.5 Å². The predicted molar refractivity (Wildman–Crippen MR) is 74.8 cm³/mol. The highest BCUT2D eigenvalue weighted by Gasteiger charge is 2.15. The lowest BCUT2D eigenvalue weighted by Crippen LogP contribution is -2.25. The van der Waals surface area contributed by atoms with Crippen molar-refractivity contribution in [3.63, 3.8) is 0 Å². The number of hydrogen-bond acceptors (Lipinski definition) is 2. The maximum atomic E-state index is 5.90. The van der Waals surface area contributed by atoms with Crippen molar-refractivity contribution in [2.24, 2.45) is 7.05 Å². The zero-order chi connectivity index (χ0) is 13.0. The minimum absolute atomic E-state index is 0.233. The van der Waals surface area contributed by atoms with Gasteiger partial charge in [-0.3, -0.25) is 0 Å². The van der Waals surface area contributed by atoms with E-state index in [0.717, 1.165) is 23.8 Å². The molecule has 4 heteroatoms. The van der Waals surface area contributed by atoms with Gasteiger partial charge in [-0.1, -0.05) is 30.7 Å². The zero-order valence-electron chi connectivity index (χ0n) is 10.7. The lowest BCUT2D eigenvalue weighted by molar-refractivity contribution is 0.506. The second kappa shape index (κ2) is 6.03. The van der Waals surface area contributed by atoms with Crippen LogP contribution in [0.15, 0.2) is 36.7 Å². The first-order valence-electron chi connectivity index (χ1n) is 6.15. The molecule has 2 aromatic rings. The summed E-state index contributed by atoms with van der Waals surface area (Å²) in [6.07, 6.45) is 4.72. The smallest absolute Gasteiger partial charge is 0.125 e. The van der Waals surface area contributed by atoms with Crippen molar-refractivity contribution >= 4 is 11.6 Å². The van der Waals surface area contributed by atoms with Crippen molar-refractivity contribution in [2.75, 3.05) is 6.54 Å². The van der Waals surface area contributed by atoms with Crippen LogP contribution in [0.1, 0.15) is 24.4 Å². The largest absolute Gasteiger partial charge is 0.337 e. The number of nitrogens with one attached hydrogen (secondary N) is 1. The van der Waals surface area contributed by atoms with E-state index in [-0.39, 0.29) is 6.04 Å². The molecule has 1 heterocycles. The van der Waals surface area contributed by atoms with Gasteiger partial charge < -0.3 is 9.88 Å². The number of hydrogen-bond donors (Lipinski definition) is 1. The van der Waals surface area contributed by atoms with Crippen molar-refractivity contribution < 1.29 is 0 Å². The Morgan fingerprint density at radius 3 is 2.61 bits per heavy atom. The molecule has 0 amide bonds. The highest BCUT2D eigenvalue weighted by Crippen LogP contribution is 2.18. The Hall–Kier alpha value is -1.32. The van der Waals surface area contributed by atoms with E-state index in [1.54, 1.807) is 0 Å². The van der Waals surface area contributed by atoms with E-state index in [4.69, 9.17) is 11.6 Å². The molecule has 96 valence electrons. The lowest BCUT2D eigenvalue weighted by atomic mass is 10.1. The van der Waals surface area contributed by atoms with E-state index < -0.39 is 0 Å². The molecule has 1 aromatic heterocycles. The van der Waals surface area contributed by atoms with Gasteiger partial charge in [-0.2, -0.15) is 0 Å². The molecule has 2 rings (SSSR count). The van der Waals surface area contributed by atoms with Crippen LogP contribution in [0.5, 0.6) is 0 Å². The minimum atomic E-state index is 0.233. The van der Waals surface area contributed by atoms with Crippen LogP contribution < -0.4 is 5.32 Å². The van der Waals surface area contributed by atoms with Gasteiger partial charge in [0.1, 0.15) is 5.82 Å². The monoisotopic (exact) mass is 263 g/mol. The number of aromatic nitrogens is 2. The predicted octanol–water partition coefficient (Wildman–Crippen LogP) is 2.97. The van der Waals surface area contributed by atoms with Crippen LogP contribution in [0, 0.1) is 0 Å². The molecule has 0 fully saturated rings. The average molecular weight is 264 g/mol. The Labute approximate surface area is 113 Å². The quantitative estimate of drug-likeness (QED) is 0.899. The number of halogens is 1. The van der Waals surface area contributed by atoms with Crippen LogP contribution in [-0.4, -0.2) is 16.1 Å². The molecule has 0 saturated heterocycles. The molecular formula is C14H18ClN3. The van der Waals surface area contributed by atoms with E-state index in [1.165, 1.54) is 5.56 Å². The highest BCUT2D eigenvalue weighted by atomic mass is 35.5. The Kier molecular flexibility index (Phi) is 4.39. The maximum absolute atomic E-state index is 5.90. The van der Waals surface area contributed by atoms with Crippen LogP contribution >= 0.6 is 11.6 Å². The Bertz CT molecular complexity index is 490. The molecular weight excluding hydrogens is 246 g/mol. The van der Waals surface area contributed by atoms with Crippen molar-refractivity contribution in [2.45, 2.75) is 19.4 Å². The Morgan fingerprint density at radius 2 is 2.06 bits per heavy atom. The molecule has 0 aliphatic carbocycles. The number of nitrogens with zero attached hydrogens (tertiary/aromatic N) is 2. The molecule has 1 unspecified atom stereocenters. The third-order valence-electron chi connectivity index (χ3n) is 2.97. The standard InChI is InChI=1S/C14H18ClN3/c1-3-16-13(14-17-8-9-18(14)2)10-11-4-6-12(15)7-5-11/h4-9,13,16H,3,10H2,1-2H3. The van der Waals surface area contributed by atoms with Gasteiger partial charge in [0.05, 0.1) is 6.04 Å². The van der Waals surface area contributed by atoms with Gasteiger partial charge in [0.15, 0.2) is 0 Å². The Balaban J connectivity index is 2.16. The van der Waals surface area contributed by atoms with Gasteiger partial charge in [0.25, 0.3) is 0 Å². The van der Waals surface area contributed by atoms with Crippen LogP contribution in [0.4, 0.5) is 0 Å². The van der Waals surface area contributed by atoms with E-state index in [0.29, 0.717) is 0 Å². The molecule has 0 bridgehead atoms. The van der Waals surface area contributed by atoms with Crippen LogP contribution in [0.3, 0.4) is 0 Å². The molecule has 18 heavy (non-hydrogen) atoms. The van der Waals surface area contributed by atoms with Crippen LogP contribution in [0.25, 0.3) is 0 Å².